The van der Waals surface area contributed by atoms with E-state index in [4.69, 9.17) is 4.74 Å². The van der Waals surface area contributed by atoms with Crippen LogP contribution in [0.3, 0.4) is 0 Å². The van der Waals surface area contributed by atoms with Crippen molar-refractivity contribution in [1.29, 1.82) is 0 Å². The SMILES string of the molecule is [CH2]C1C(=O)C(C)OC1C. The van der Waals surface area contributed by atoms with E-state index in [1.165, 1.54) is 0 Å². The number of Topliss-reactive ketones (excluding diaryl/α,β-unsaturated/α-hetero) is 1. The summed E-state index contributed by atoms with van der Waals surface area (Å²) in [5, 5.41) is 0. The molecule has 0 aromatic carbocycles. The molecule has 1 heterocycles. The zero-order chi connectivity index (χ0) is 7.02. The maximum Gasteiger partial charge on any atom is 0.166 e. The van der Waals surface area contributed by atoms with Gasteiger partial charge in [0, 0.05) is 5.92 Å². The number of ether oxygens (including phenoxy) is 1. The summed E-state index contributed by atoms with van der Waals surface area (Å²) in [6.07, 6.45) is -0.227. The molecule has 1 aliphatic rings. The molecule has 1 rings (SSSR count). The molecule has 0 aromatic heterocycles. The molecule has 0 amide bonds. The van der Waals surface area contributed by atoms with Gasteiger partial charge < -0.3 is 4.74 Å². The maximum atomic E-state index is 10.9. The van der Waals surface area contributed by atoms with Crippen LogP contribution in [0.2, 0.25) is 0 Å². The highest BCUT2D eigenvalue weighted by molar-refractivity contribution is 5.87. The van der Waals surface area contributed by atoms with E-state index in [2.05, 4.69) is 6.92 Å². The van der Waals surface area contributed by atoms with Gasteiger partial charge in [0.2, 0.25) is 0 Å². The van der Waals surface area contributed by atoms with Crippen molar-refractivity contribution in [3.05, 3.63) is 6.92 Å². The fourth-order valence-electron chi connectivity index (χ4n) is 1.02. The van der Waals surface area contributed by atoms with Gasteiger partial charge in [0.1, 0.15) is 6.10 Å². The molecule has 1 saturated heterocycles. The minimum Gasteiger partial charge on any atom is -0.367 e. The Bertz CT molecular complexity index is 131. The van der Waals surface area contributed by atoms with E-state index in [0.717, 1.165) is 0 Å². The van der Waals surface area contributed by atoms with Crippen molar-refractivity contribution in [1.82, 2.24) is 0 Å². The fraction of sp³-hybridized carbons (Fsp3) is 0.714. The third-order valence-corrected chi connectivity index (χ3v) is 1.75. The molecular weight excluding hydrogens is 116 g/mol. The highest BCUT2D eigenvalue weighted by Gasteiger charge is 2.34. The summed E-state index contributed by atoms with van der Waals surface area (Å²) in [7, 11) is 0. The Hall–Kier alpha value is -0.370. The van der Waals surface area contributed by atoms with Crippen LogP contribution in [0.1, 0.15) is 13.8 Å². The quantitative estimate of drug-likeness (QED) is 0.481. The number of carbonyl (C=O) groups excluding carboxylic acids is 1. The molecule has 1 aliphatic heterocycles. The van der Waals surface area contributed by atoms with Crippen molar-refractivity contribution in [2.24, 2.45) is 5.92 Å². The van der Waals surface area contributed by atoms with Gasteiger partial charge in [0.15, 0.2) is 5.78 Å². The molecule has 0 N–H and O–H groups in total. The largest absolute Gasteiger partial charge is 0.367 e. The molecule has 0 spiro atoms. The van der Waals surface area contributed by atoms with Crippen LogP contribution in [0.5, 0.6) is 0 Å². The first-order valence-electron chi connectivity index (χ1n) is 3.15. The van der Waals surface area contributed by atoms with Crippen molar-refractivity contribution in [2.75, 3.05) is 0 Å². The summed E-state index contributed by atoms with van der Waals surface area (Å²) in [6, 6.07) is 0. The van der Waals surface area contributed by atoms with E-state index in [0.29, 0.717) is 0 Å². The van der Waals surface area contributed by atoms with Gasteiger partial charge in [0.05, 0.1) is 6.10 Å². The Labute approximate surface area is 55.2 Å². The molecule has 51 valence electrons. The average molecular weight is 127 g/mol. The topological polar surface area (TPSA) is 26.3 Å². The third-order valence-electron chi connectivity index (χ3n) is 1.75. The van der Waals surface area contributed by atoms with Crippen LogP contribution >= 0.6 is 0 Å². The number of rotatable bonds is 0. The van der Waals surface area contributed by atoms with Crippen molar-refractivity contribution >= 4 is 5.78 Å². The minimum absolute atomic E-state index is 0.00694. The average Bonchev–Trinajstić information content (AvgIpc) is 1.98. The van der Waals surface area contributed by atoms with Crippen molar-refractivity contribution in [3.8, 4) is 0 Å². The Morgan fingerprint density at radius 2 is 2.11 bits per heavy atom. The van der Waals surface area contributed by atoms with Gasteiger partial charge in [-0.25, -0.2) is 0 Å². The van der Waals surface area contributed by atoms with Crippen LogP contribution in [0.25, 0.3) is 0 Å². The predicted molar refractivity (Wildman–Crippen MR) is 33.9 cm³/mol. The molecule has 0 bridgehead atoms. The second-order valence-electron chi connectivity index (χ2n) is 2.49. The summed E-state index contributed by atoms with van der Waals surface area (Å²) < 4.78 is 5.17. The molecule has 9 heavy (non-hydrogen) atoms. The zero-order valence-corrected chi connectivity index (χ0v) is 5.76. The molecule has 2 heteroatoms. The maximum absolute atomic E-state index is 10.9. The Balaban J connectivity index is 2.65. The monoisotopic (exact) mass is 127 g/mol. The standard InChI is InChI=1S/C7H11O2/c1-4-5(2)9-6(3)7(4)8/h4-6H,1H2,2-3H3. The predicted octanol–water partition coefficient (Wildman–Crippen LogP) is 0.813. The molecule has 0 aliphatic carbocycles. The second-order valence-corrected chi connectivity index (χ2v) is 2.49. The number of carbonyl (C=O) groups is 1. The van der Waals surface area contributed by atoms with Crippen molar-refractivity contribution < 1.29 is 9.53 Å². The lowest BCUT2D eigenvalue weighted by atomic mass is 10.0. The summed E-state index contributed by atoms with van der Waals surface area (Å²) in [5.41, 5.74) is 0. The van der Waals surface area contributed by atoms with E-state index in [-0.39, 0.29) is 23.9 Å². The summed E-state index contributed by atoms with van der Waals surface area (Å²) in [5.74, 6) is -0.0255. The molecule has 2 nitrogen and oxygen atoms in total. The van der Waals surface area contributed by atoms with Crippen molar-refractivity contribution in [3.63, 3.8) is 0 Å². The smallest absolute Gasteiger partial charge is 0.166 e. The summed E-state index contributed by atoms with van der Waals surface area (Å²) in [6.45, 7) is 7.32. The highest BCUT2D eigenvalue weighted by atomic mass is 16.5. The van der Waals surface area contributed by atoms with Crippen molar-refractivity contribution in [2.45, 2.75) is 26.1 Å². The molecule has 3 atom stereocenters. The van der Waals surface area contributed by atoms with E-state index in [9.17, 15) is 4.79 Å². The number of hydrogen-bond acceptors (Lipinski definition) is 2. The van der Waals surface area contributed by atoms with E-state index >= 15 is 0 Å². The van der Waals surface area contributed by atoms with E-state index < -0.39 is 0 Å². The molecule has 1 radical (unpaired) electrons. The van der Waals surface area contributed by atoms with Crippen LogP contribution in [0, 0.1) is 12.8 Å². The Morgan fingerprint density at radius 3 is 2.22 bits per heavy atom. The van der Waals surface area contributed by atoms with Gasteiger partial charge in [-0.3, -0.25) is 4.79 Å². The zero-order valence-electron chi connectivity index (χ0n) is 5.76. The van der Waals surface area contributed by atoms with Crippen LogP contribution in [0.4, 0.5) is 0 Å². The lowest BCUT2D eigenvalue weighted by molar-refractivity contribution is -0.123. The first-order chi connectivity index (χ1) is 4.13. The molecule has 3 unspecified atom stereocenters. The van der Waals surface area contributed by atoms with Gasteiger partial charge in [-0.1, -0.05) is 0 Å². The molecular formula is C7H11O2. The summed E-state index contributed by atoms with van der Waals surface area (Å²) in [4.78, 5) is 10.9. The van der Waals surface area contributed by atoms with Crippen LogP contribution in [0.15, 0.2) is 0 Å². The van der Waals surface area contributed by atoms with Gasteiger partial charge in [-0.05, 0) is 20.8 Å². The lowest BCUT2D eigenvalue weighted by Gasteiger charge is -2.03. The Kier molecular flexibility index (Phi) is 1.58. The minimum atomic E-state index is -0.234. The number of ketones is 1. The van der Waals surface area contributed by atoms with Crippen LogP contribution < -0.4 is 0 Å². The van der Waals surface area contributed by atoms with Crippen LogP contribution in [-0.2, 0) is 9.53 Å². The normalized spacial score (nSPS) is 43.9. The van der Waals surface area contributed by atoms with Gasteiger partial charge in [-0.15, -0.1) is 0 Å². The number of hydrogen-bond donors (Lipinski definition) is 0. The lowest BCUT2D eigenvalue weighted by Crippen LogP contribution is -2.15. The highest BCUT2D eigenvalue weighted by Crippen LogP contribution is 2.20. The first kappa shape index (κ1) is 6.75. The van der Waals surface area contributed by atoms with E-state index in [1.807, 2.05) is 6.92 Å². The second kappa shape index (κ2) is 2.10. The van der Waals surface area contributed by atoms with E-state index in [1.54, 1.807) is 6.92 Å². The summed E-state index contributed by atoms with van der Waals surface area (Å²) >= 11 is 0. The van der Waals surface area contributed by atoms with Gasteiger partial charge >= 0.3 is 0 Å². The Morgan fingerprint density at radius 1 is 1.56 bits per heavy atom. The third kappa shape index (κ3) is 0.990. The molecule has 1 fully saturated rings. The first-order valence-corrected chi connectivity index (χ1v) is 3.15. The van der Waals surface area contributed by atoms with Crippen LogP contribution in [-0.4, -0.2) is 18.0 Å². The van der Waals surface area contributed by atoms with Gasteiger partial charge in [-0.2, -0.15) is 0 Å². The fourth-order valence-corrected chi connectivity index (χ4v) is 1.02. The molecule has 0 saturated carbocycles. The van der Waals surface area contributed by atoms with Gasteiger partial charge in [0.25, 0.3) is 0 Å². The molecule has 0 aromatic rings.